The average Bonchev–Trinajstić information content (AvgIpc) is 2.45. The number of hydrogen-bond acceptors (Lipinski definition) is 1. The molecule has 1 nitrogen and oxygen atoms in total. The molecule has 0 aliphatic heterocycles. The number of rotatable bonds is 5. The fourth-order valence-electron chi connectivity index (χ4n) is 2.39. The van der Waals surface area contributed by atoms with E-state index in [-0.39, 0.29) is 17.9 Å². The summed E-state index contributed by atoms with van der Waals surface area (Å²) in [6, 6.07) is 15.3. The molecule has 0 fully saturated rings. The van der Waals surface area contributed by atoms with Crippen molar-refractivity contribution in [1.82, 2.24) is 5.32 Å². The minimum absolute atomic E-state index is 0.146. The maximum absolute atomic E-state index is 13.4. The Morgan fingerprint density at radius 1 is 1.15 bits per heavy atom. The Morgan fingerprint density at radius 3 is 2.55 bits per heavy atom. The van der Waals surface area contributed by atoms with Crippen molar-refractivity contribution in [2.75, 3.05) is 0 Å². The predicted molar refractivity (Wildman–Crippen MR) is 85.1 cm³/mol. The third kappa shape index (κ3) is 3.68. The van der Waals surface area contributed by atoms with Gasteiger partial charge in [0.2, 0.25) is 0 Å². The molecular formula is C17H19BrFN. The van der Waals surface area contributed by atoms with Gasteiger partial charge in [-0.2, -0.15) is 0 Å². The summed E-state index contributed by atoms with van der Waals surface area (Å²) >= 11 is 3.58. The Bertz CT molecular complexity index is 570. The molecule has 0 aromatic heterocycles. The summed E-state index contributed by atoms with van der Waals surface area (Å²) in [5.41, 5.74) is 2.20. The molecular weight excluding hydrogens is 317 g/mol. The Labute approximate surface area is 128 Å². The third-order valence-electron chi connectivity index (χ3n) is 3.48. The van der Waals surface area contributed by atoms with Crippen LogP contribution < -0.4 is 5.32 Å². The SMILES string of the molecule is CCC(NC(C)c1ccccc1Br)c1cccc(F)c1. The van der Waals surface area contributed by atoms with E-state index >= 15 is 0 Å². The molecule has 0 radical (unpaired) electrons. The number of nitrogens with one attached hydrogen (secondary N) is 1. The summed E-state index contributed by atoms with van der Waals surface area (Å²) in [4.78, 5) is 0. The van der Waals surface area contributed by atoms with Crippen molar-refractivity contribution < 1.29 is 4.39 Å². The van der Waals surface area contributed by atoms with Gasteiger partial charge in [0, 0.05) is 16.6 Å². The van der Waals surface area contributed by atoms with Crippen molar-refractivity contribution in [3.05, 3.63) is 69.9 Å². The van der Waals surface area contributed by atoms with Crippen LogP contribution in [0.1, 0.15) is 43.5 Å². The molecule has 20 heavy (non-hydrogen) atoms. The molecule has 0 spiro atoms. The first kappa shape index (κ1) is 15.2. The van der Waals surface area contributed by atoms with Crippen LogP contribution in [0.3, 0.4) is 0 Å². The zero-order valence-corrected chi connectivity index (χ0v) is 13.3. The lowest BCUT2D eigenvalue weighted by molar-refractivity contribution is 0.453. The van der Waals surface area contributed by atoms with Crippen molar-refractivity contribution in [3.8, 4) is 0 Å². The summed E-state index contributed by atoms with van der Waals surface area (Å²) in [6.45, 7) is 4.23. The molecule has 1 N–H and O–H groups in total. The minimum Gasteiger partial charge on any atom is -0.303 e. The molecule has 0 saturated carbocycles. The van der Waals surface area contributed by atoms with Crippen LogP contribution in [0.5, 0.6) is 0 Å². The van der Waals surface area contributed by atoms with Crippen molar-refractivity contribution in [2.24, 2.45) is 0 Å². The first-order chi connectivity index (χ1) is 9.61. The molecule has 0 amide bonds. The van der Waals surface area contributed by atoms with Crippen LogP contribution in [0.25, 0.3) is 0 Å². The molecule has 106 valence electrons. The molecule has 0 heterocycles. The molecule has 0 aliphatic rings. The zero-order valence-electron chi connectivity index (χ0n) is 11.7. The van der Waals surface area contributed by atoms with Gasteiger partial charge in [-0.1, -0.05) is 53.2 Å². The molecule has 2 rings (SSSR count). The number of hydrogen-bond donors (Lipinski definition) is 1. The van der Waals surface area contributed by atoms with Crippen LogP contribution in [0.2, 0.25) is 0 Å². The van der Waals surface area contributed by atoms with Gasteiger partial charge in [0.05, 0.1) is 0 Å². The lowest BCUT2D eigenvalue weighted by Crippen LogP contribution is -2.24. The largest absolute Gasteiger partial charge is 0.303 e. The van der Waals surface area contributed by atoms with Crippen LogP contribution >= 0.6 is 15.9 Å². The van der Waals surface area contributed by atoms with E-state index in [0.29, 0.717) is 0 Å². The maximum atomic E-state index is 13.4. The van der Waals surface area contributed by atoms with E-state index in [0.717, 1.165) is 16.5 Å². The van der Waals surface area contributed by atoms with Gasteiger partial charge in [-0.25, -0.2) is 4.39 Å². The average molecular weight is 336 g/mol. The smallest absolute Gasteiger partial charge is 0.123 e. The highest BCUT2D eigenvalue weighted by Gasteiger charge is 2.15. The van der Waals surface area contributed by atoms with E-state index in [1.165, 1.54) is 11.6 Å². The highest BCUT2D eigenvalue weighted by molar-refractivity contribution is 9.10. The maximum Gasteiger partial charge on any atom is 0.123 e. The first-order valence-electron chi connectivity index (χ1n) is 6.87. The van der Waals surface area contributed by atoms with E-state index in [1.54, 1.807) is 12.1 Å². The second-order valence-corrected chi connectivity index (χ2v) is 5.78. The standard InChI is InChI=1S/C17H19BrFN/c1-3-17(13-7-6-8-14(19)11-13)20-12(2)15-9-4-5-10-16(15)18/h4-12,17,20H,3H2,1-2H3. The lowest BCUT2D eigenvalue weighted by Gasteiger charge is -2.24. The molecule has 2 aromatic rings. The minimum atomic E-state index is -0.184. The topological polar surface area (TPSA) is 12.0 Å². The van der Waals surface area contributed by atoms with Gasteiger partial charge >= 0.3 is 0 Å². The second-order valence-electron chi connectivity index (χ2n) is 4.93. The summed E-state index contributed by atoms with van der Waals surface area (Å²) in [6.07, 6.45) is 0.915. The highest BCUT2D eigenvalue weighted by Crippen LogP contribution is 2.27. The van der Waals surface area contributed by atoms with Crippen LogP contribution in [-0.4, -0.2) is 0 Å². The second kappa shape index (κ2) is 7.00. The van der Waals surface area contributed by atoms with Gasteiger partial charge < -0.3 is 5.32 Å². The predicted octanol–water partition coefficient (Wildman–Crippen LogP) is 5.39. The van der Waals surface area contributed by atoms with E-state index in [1.807, 2.05) is 24.3 Å². The fraction of sp³-hybridized carbons (Fsp3) is 0.294. The normalized spacial score (nSPS) is 14.0. The van der Waals surface area contributed by atoms with Crippen molar-refractivity contribution in [3.63, 3.8) is 0 Å². The number of benzene rings is 2. The summed E-state index contributed by atoms with van der Waals surface area (Å²) < 4.78 is 14.4. The lowest BCUT2D eigenvalue weighted by atomic mass is 10.0. The first-order valence-corrected chi connectivity index (χ1v) is 7.67. The molecule has 2 unspecified atom stereocenters. The van der Waals surface area contributed by atoms with Gasteiger partial charge in [0.1, 0.15) is 5.82 Å². The van der Waals surface area contributed by atoms with Crippen molar-refractivity contribution >= 4 is 15.9 Å². The summed E-state index contributed by atoms with van der Waals surface area (Å²) in [7, 11) is 0. The van der Waals surface area contributed by atoms with E-state index < -0.39 is 0 Å². The summed E-state index contributed by atoms with van der Waals surface area (Å²) in [5, 5.41) is 3.57. The van der Waals surface area contributed by atoms with Crippen LogP contribution in [0, 0.1) is 5.82 Å². The van der Waals surface area contributed by atoms with E-state index in [9.17, 15) is 4.39 Å². The molecule has 0 saturated heterocycles. The molecule has 0 aliphatic carbocycles. The number of halogens is 2. The van der Waals surface area contributed by atoms with Gasteiger partial charge in [-0.15, -0.1) is 0 Å². The van der Waals surface area contributed by atoms with E-state index in [4.69, 9.17) is 0 Å². The molecule has 0 bridgehead atoms. The van der Waals surface area contributed by atoms with Crippen LogP contribution in [0.4, 0.5) is 4.39 Å². The zero-order chi connectivity index (χ0) is 14.5. The monoisotopic (exact) mass is 335 g/mol. The Morgan fingerprint density at radius 2 is 1.90 bits per heavy atom. The molecule has 2 atom stereocenters. The van der Waals surface area contributed by atoms with Crippen LogP contribution in [0.15, 0.2) is 53.0 Å². The van der Waals surface area contributed by atoms with Gasteiger partial charge in [0.15, 0.2) is 0 Å². The van der Waals surface area contributed by atoms with Gasteiger partial charge in [-0.3, -0.25) is 0 Å². The fourth-order valence-corrected chi connectivity index (χ4v) is 3.02. The Kier molecular flexibility index (Phi) is 5.32. The van der Waals surface area contributed by atoms with Gasteiger partial charge in [0.25, 0.3) is 0 Å². The summed E-state index contributed by atoms with van der Waals surface area (Å²) in [5.74, 6) is -0.184. The van der Waals surface area contributed by atoms with E-state index in [2.05, 4.69) is 41.2 Å². The molecule has 2 aromatic carbocycles. The van der Waals surface area contributed by atoms with Gasteiger partial charge in [-0.05, 0) is 42.7 Å². The quantitative estimate of drug-likeness (QED) is 0.772. The van der Waals surface area contributed by atoms with Crippen molar-refractivity contribution in [2.45, 2.75) is 32.4 Å². The highest BCUT2D eigenvalue weighted by atomic mass is 79.9. The Balaban J connectivity index is 2.16. The van der Waals surface area contributed by atoms with Crippen molar-refractivity contribution in [1.29, 1.82) is 0 Å². The van der Waals surface area contributed by atoms with Crippen LogP contribution in [-0.2, 0) is 0 Å². The molecule has 3 heteroatoms. The Hall–Kier alpha value is -1.19. The third-order valence-corrected chi connectivity index (χ3v) is 4.20.